The predicted octanol–water partition coefficient (Wildman–Crippen LogP) is 8.03. The molecule has 0 aliphatic carbocycles. The maximum atomic E-state index is 11.7. The Morgan fingerprint density at radius 2 is 0.765 bits per heavy atom. The minimum atomic E-state index is -0.103. The number of unbranched alkanes of at least 4 members (excludes halogenated alkanes) is 15. The molecule has 0 heterocycles. The topological polar surface area (TPSA) is 54.0 Å². The Balaban J connectivity index is 3.13. The molecule has 5 nitrogen and oxygen atoms in total. The van der Waals surface area contributed by atoms with Crippen molar-refractivity contribution in [3.05, 3.63) is 0 Å². The lowest BCUT2D eigenvalue weighted by molar-refractivity contribution is -0.144. The number of carbonyl (C=O) groups is 1. The Hall–Kier alpha value is -0.650. The van der Waals surface area contributed by atoms with Crippen LogP contribution < -0.4 is 0 Å². The van der Waals surface area contributed by atoms with E-state index in [0.717, 1.165) is 25.9 Å². The molecule has 0 N–H and O–H groups in total. The van der Waals surface area contributed by atoms with E-state index in [4.69, 9.17) is 18.9 Å². The van der Waals surface area contributed by atoms with Gasteiger partial charge in [0.2, 0.25) is 0 Å². The quantitative estimate of drug-likeness (QED) is 0.0791. The lowest BCUT2D eigenvalue weighted by atomic mass is 10.1. The fraction of sp³-hybridized carbons (Fsp3) is 0.966. The third kappa shape index (κ3) is 29.4. The summed E-state index contributed by atoms with van der Waals surface area (Å²) in [5, 5.41) is 0. The zero-order valence-electron chi connectivity index (χ0n) is 22.9. The van der Waals surface area contributed by atoms with Crippen LogP contribution in [0.2, 0.25) is 0 Å². The van der Waals surface area contributed by atoms with Gasteiger partial charge in [-0.2, -0.15) is 0 Å². The highest BCUT2D eigenvalue weighted by Gasteiger charge is 2.02. The average molecular weight is 487 g/mol. The highest BCUT2D eigenvalue weighted by molar-refractivity contribution is 5.69. The van der Waals surface area contributed by atoms with Gasteiger partial charge >= 0.3 is 5.97 Å². The molecule has 204 valence electrons. The molecule has 0 saturated carbocycles. The number of hydrogen-bond donors (Lipinski definition) is 0. The number of ether oxygens (including phenoxy) is 4. The zero-order chi connectivity index (χ0) is 24.8. The molecule has 0 aromatic carbocycles. The predicted molar refractivity (Wildman–Crippen MR) is 142 cm³/mol. The Morgan fingerprint density at radius 1 is 0.412 bits per heavy atom. The fourth-order valence-corrected chi connectivity index (χ4v) is 3.87. The van der Waals surface area contributed by atoms with E-state index in [1.807, 2.05) is 0 Å². The smallest absolute Gasteiger partial charge is 0.305 e. The molecule has 0 unspecified atom stereocenters. The highest BCUT2D eigenvalue weighted by Crippen LogP contribution is 2.10. The number of carbonyl (C=O) groups excluding carboxylic acids is 1. The third-order valence-electron chi connectivity index (χ3n) is 6.07. The first-order valence-corrected chi connectivity index (χ1v) is 14.7. The van der Waals surface area contributed by atoms with Crippen molar-refractivity contribution in [3.63, 3.8) is 0 Å². The van der Waals surface area contributed by atoms with Crippen LogP contribution in [0.4, 0.5) is 0 Å². The lowest BCUT2D eigenvalue weighted by Gasteiger charge is -2.07. The summed E-state index contributed by atoms with van der Waals surface area (Å²) in [7, 11) is 0. The third-order valence-corrected chi connectivity index (χ3v) is 6.07. The molecule has 0 aliphatic rings. The van der Waals surface area contributed by atoms with E-state index in [1.165, 1.54) is 89.9 Å². The molecule has 0 fully saturated rings. The second-order valence-corrected chi connectivity index (χ2v) is 9.46. The maximum absolute atomic E-state index is 11.7. The second kappa shape index (κ2) is 30.4. The van der Waals surface area contributed by atoms with Gasteiger partial charge in [-0.3, -0.25) is 4.79 Å². The van der Waals surface area contributed by atoms with Gasteiger partial charge in [-0.15, -0.1) is 0 Å². The molecule has 5 heteroatoms. The van der Waals surface area contributed by atoms with Crippen LogP contribution in [-0.2, 0) is 23.7 Å². The van der Waals surface area contributed by atoms with Gasteiger partial charge in [0.1, 0.15) is 0 Å². The molecular formula is C29H58O5. The van der Waals surface area contributed by atoms with Crippen molar-refractivity contribution in [2.75, 3.05) is 46.2 Å². The Morgan fingerprint density at radius 3 is 1.24 bits per heavy atom. The van der Waals surface area contributed by atoms with Crippen molar-refractivity contribution < 1.29 is 23.7 Å². The lowest BCUT2D eigenvalue weighted by Crippen LogP contribution is -2.11. The van der Waals surface area contributed by atoms with Crippen molar-refractivity contribution in [2.24, 2.45) is 0 Å². The van der Waals surface area contributed by atoms with Gasteiger partial charge in [0.15, 0.2) is 0 Å². The average Bonchev–Trinajstić information content (AvgIpc) is 2.84. The van der Waals surface area contributed by atoms with E-state index < -0.39 is 0 Å². The molecule has 34 heavy (non-hydrogen) atoms. The molecule has 0 aromatic rings. The van der Waals surface area contributed by atoms with Crippen molar-refractivity contribution in [1.29, 1.82) is 0 Å². The van der Waals surface area contributed by atoms with Crippen LogP contribution in [0.25, 0.3) is 0 Å². The van der Waals surface area contributed by atoms with Crippen LogP contribution in [0, 0.1) is 0 Å². The van der Waals surface area contributed by atoms with E-state index in [9.17, 15) is 4.79 Å². The van der Waals surface area contributed by atoms with Gasteiger partial charge in [0.25, 0.3) is 0 Å². The van der Waals surface area contributed by atoms with Crippen LogP contribution in [0.15, 0.2) is 0 Å². The molecule has 0 radical (unpaired) electrons. The first kappa shape index (κ1) is 33.4. The van der Waals surface area contributed by atoms with Crippen LogP contribution in [-0.4, -0.2) is 52.2 Å². The summed E-state index contributed by atoms with van der Waals surface area (Å²) in [5.74, 6) is -0.103. The summed E-state index contributed by atoms with van der Waals surface area (Å²) in [6.07, 6.45) is 23.2. The van der Waals surface area contributed by atoms with E-state index in [0.29, 0.717) is 52.5 Å². The zero-order valence-corrected chi connectivity index (χ0v) is 22.9. The van der Waals surface area contributed by atoms with E-state index in [-0.39, 0.29) is 5.97 Å². The summed E-state index contributed by atoms with van der Waals surface area (Å²) >= 11 is 0. The van der Waals surface area contributed by atoms with E-state index in [1.54, 1.807) is 0 Å². The van der Waals surface area contributed by atoms with Gasteiger partial charge in [0, 0.05) is 19.6 Å². The summed E-state index contributed by atoms with van der Waals surface area (Å²) in [6, 6.07) is 0. The van der Waals surface area contributed by atoms with E-state index >= 15 is 0 Å². The summed E-state index contributed by atoms with van der Waals surface area (Å²) < 4.78 is 21.9. The summed E-state index contributed by atoms with van der Waals surface area (Å²) in [6.45, 7) is 8.88. The Bertz CT molecular complexity index is 389. The van der Waals surface area contributed by atoms with Crippen molar-refractivity contribution in [1.82, 2.24) is 0 Å². The molecule has 0 atom stereocenters. The Labute approximate surface area is 212 Å². The number of esters is 1. The van der Waals surface area contributed by atoms with E-state index in [2.05, 4.69) is 13.8 Å². The molecule has 0 saturated heterocycles. The minimum absolute atomic E-state index is 0.103. The molecule has 0 aromatic heterocycles. The molecule has 0 amide bonds. The first-order chi connectivity index (χ1) is 16.8. The highest BCUT2D eigenvalue weighted by atomic mass is 16.5. The molecule has 0 aliphatic heterocycles. The SMILES string of the molecule is CCCCCCCCCCCCOC(=O)CCCOCCOCCOCCCCCCCCC. The van der Waals surface area contributed by atoms with Crippen molar-refractivity contribution in [2.45, 2.75) is 136 Å². The van der Waals surface area contributed by atoms with Crippen LogP contribution in [0.1, 0.15) is 136 Å². The van der Waals surface area contributed by atoms with Crippen LogP contribution >= 0.6 is 0 Å². The summed E-state index contributed by atoms with van der Waals surface area (Å²) in [5.41, 5.74) is 0. The van der Waals surface area contributed by atoms with Crippen molar-refractivity contribution in [3.8, 4) is 0 Å². The monoisotopic (exact) mass is 486 g/mol. The summed E-state index contributed by atoms with van der Waals surface area (Å²) in [4.78, 5) is 11.7. The molecule has 0 bridgehead atoms. The van der Waals surface area contributed by atoms with Crippen LogP contribution in [0.5, 0.6) is 0 Å². The van der Waals surface area contributed by atoms with Gasteiger partial charge in [-0.25, -0.2) is 0 Å². The normalized spacial score (nSPS) is 11.2. The standard InChI is InChI=1S/C29H58O5/c1-3-5-7-9-11-12-13-15-17-19-24-34-29(30)21-20-23-32-26-28-33-27-25-31-22-18-16-14-10-8-6-4-2/h3-28H2,1-2H3. The minimum Gasteiger partial charge on any atom is -0.466 e. The van der Waals surface area contributed by atoms with Crippen LogP contribution in [0.3, 0.4) is 0 Å². The largest absolute Gasteiger partial charge is 0.466 e. The first-order valence-electron chi connectivity index (χ1n) is 14.7. The van der Waals surface area contributed by atoms with Gasteiger partial charge in [-0.1, -0.05) is 110 Å². The number of hydrogen-bond acceptors (Lipinski definition) is 5. The Kier molecular flexibility index (Phi) is 29.8. The maximum Gasteiger partial charge on any atom is 0.305 e. The number of rotatable bonds is 29. The molecular weight excluding hydrogens is 428 g/mol. The fourth-order valence-electron chi connectivity index (χ4n) is 3.87. The molecule has 0 spiro atoms. The van der Waals surface area contributed by atoms with Crippen molar-refractivity contribution >= 4 is 5.97 Å². The second-order valence-electron chi connectivity index (χ2n) is 9.46. The van der Waals surface area contributed by atoms with Gasteiger partial charge < -0.3 is 18.9 Å². The molecule has 0 rings (SSSR count). The van der Waals surface area contributed by atoms with Gasteiger partial charge in [0.05, 0.1) is 33.0 Å². The van der Waals surface area contributed by atoms with Gasteiger partial charge in [-0.05, 0) is 19.3 Å².